The van der Waals surface area contributed by atoms with E-state index in [0.29, 0.717) is 26.4 Å². The van der Waals surface area contributed by atoms with Gasteiger partial charge >= 0.3 is 0 Å². The van der Waals surface area contributed by atoms with Crippen LogP contribution in [-0.4, -0.2) is 50.4 Å². The quantitative estimate of drug-likeness (QED) is 0.369. The van der Waals surface area contributed by atoms with Crippen LogP contribution >= 0.6 is 0 Å². The molecule has 7 heteroatoms. The van der Waals surface area contributed by atoms with Crippen molar-refractivity contribution in [3.8, 4) is 0 Å². The molecule has 0 spiro atoms. The Morgan fingerprint density at radius 1 is 0.676 bits per heavy atom. The topological polar surface area (TPSA) is 64.6 Å². The largest absolute Gasteiger partial charge is 0.374 e. The summed E-state index contributed by atoms with van der Waals surface area (Å²) in [5.74, 6) is -1.24. The van der Waals surface area contributed by atoms with E-state index in [2.05, 4.69) is 0 Å². The minimum Gasteiger partial charge on any atom is -0.374 e. The summed E-state index contributed by atoms with van der Waals surface area (Å²) in [5.41, 5.74) is 3.19. The predicted octanol–water partition coefficient (Wildman–Crippen LogP) is 4.83. The summed E-state index contributed by atoms with van der Waals surface area (Å²) in [4.78, 5) is 0. The highest BCUT2D eigenvalue weighted by Gasteiger charge is 2.57. The van der Waals surface area contributed by atoms with Crippen LogP contribution in [0.2, 0.25) is 0 Å². The van der Waals surface area contributed by atoms with Crippen LogP contribution in [-0.2, 0) is 53.0 Å². The average Bonchev–Trinajstić information content (AvgIpc) is 3.29. The van der Waals surface area contributed by atoms with Crippen LogP contribution in [0.15, 0.2) is 91.0 Å². The average molecular weight is 507 g/mol. The number of hydrogen-bond acceptors (Lipinski definition) is 7. The summed E-state index contributed by atoms with van der Waals surface area (Å²) < 4.78 is 43.2. The molecule has 2 aliphatic rings. The lowest BCUT2D eigenvalue weighted by atomic mass is 9.98. The van der Waals surface area contributed by atoms with Crippen LogP contribution in [0, 0.1) is 0 Å². The maximum Gasteiger partial charge on any atom is 0.282 e. The first-order chi connectivity index (χ1) is 18.1. The molecule has 3 aromatic rings. The molecule has 0 saturated carbocycles. The van der Waals surface area contributed by atoms with E-state index in [-0.39, 0.29) is 0 Å². The normalized spacial score (nSPS) is 29.2. The zero-order chi connectivity index (χ0) is 25.5. The van der Waals surface area contributed by atoms with Gasteiger partial charge in [-0.25, -0.2) is 0 Å². The fraction of sp³-hybridized carbons (Fsp3) is 0.400. The highest BCUT2D eigenvalue weighted by molar-refractivity contribution is 5.15. The Bertz CT molecular complexity index is 1080. The van der Waals surface area contributed by atoms with Gasteiger partial charge in [0.2, 0.25) is 0 Å². The predicted molar refractivity (Wildman–Crippen MR) is 136 cm³/mol. The third kappa shape index (κ3) is 6.64. The molecule has 0 amide bonds. The van der Waals surface area contributed by atoms with E-state index < -0.39 is 36.7 Å². The van der Waals surface area contributed by atoms with Crippen molar-refractivity contribution < 1.29 is 33.2 Å². The zero-order valence-corrected chi connectivity index (χ0v) is 21.2. The number of ether oxygens (including phenoxy) is 7. The Balaban J connectivity index is 1.36. The van der Waals surface area contributed by atoms with Crippen molar-refractivity contribution >= 4 is 0 Å². The van der Waals surface area contributed by atoms with Gasteiger partial charge in [-0.3, -0.25) is 4.74 Å². The molecular weight excluding hydrogens is 472 g/mol. The van der Waals surface area contributed by atoms with Gasteiger partial charge in [0.1, 0.15) is 24.4 Å². The Hall–Kier alpha value is -2.62. The van der Waals surface area contributed by atoms with Crippen molar-refractivity contribution in [2.24, 2.45) is 0 Å². The molecule has 5 rings (SSSR count). The second-order valence-corrected chi connectivity index (χ2v) is 9.33. The lowest BCUT2D eigenvalue weighted by Crippen LogP contribution is -2.59. The molecule has 3 aromatic carbocycles. The van der Waals surface area contributed by atoms with Gasteiger partial charge in [0, 0.05) is 14.0 Å². The Kier molecular flexibility index (Phi) is 8.63. The molecule has 0 aromatic heterocycles. The maximum atomic E-state index is 6.50. The first-order valence-corrected chi connectivity index (χ1v) is 12.6. The molecular formula is C30H34O7. The number of methoxy groups -OCH3 is 1. The van der Waals surface area contributed by atoms with Crippen LogP contribution < -0.4 is 0 Å². The Morgan fingerprint density at radius 2 is 1.19 bits per heavy atom. The molecule has 37 heavy (non-hydrogen) atoms. The molecule has 0 radical (unpaired) electrons. The van der Waals surface area contributed by atoms with Gasteiger partial charge < -0.3 is 28.4 Å². The van der Waals surface area contributed by atoms with E-state index in [4.69, 9.17) is 33.2 Å². The van der Waals surface area contributed by atoms with E-state index in [0.717, 1.165) is 16.7 Å². The van der Waals surface area contributed by atoms with Crippen LogP contribution in [0.25, 0.3) is 0 Å². The zero-order valence-electron chi connectivity index (χ0n) is 21.2. The molecule has 0 N–H and O–H groups in total. The van der Waals surface area contributed by atoms with Crippen molar-refractivity contribution in [3.05, 3.63) is 108 Å². The second-order valence-electron chi connectivity index (χ2n) is 9.33. The van der Waals surface area contributed by atoms with Crippen molar-refractivity contribution in [2.45, 2.75) is 63.4 Å². The summed E-state index contributed by atoms with van der Waals surface area (Å²) in [6.45, 7) is 3.28. The van der Waals surface area contributed by atoms with Gasteiger partial charge in [0.05, 0.1) is 26.4 Å². The first-order valence-electron chi connectivity index (χ1n) is 12.6. The Labute approximate surface area is 218 Å². The molecule has 7 nitrogen and oxygen atoms in total. The minimum atomic E-state index is -1.24. The fourth-order valence-corrected chi connectivity index (χ4v) is 4.61. The fourth-order valence-electron chi connectivity index (χ4n) is 4.61. The molecule has 2 heterocycles. The van der Waals surface area contributed by atoms with E-state index in [9.17, 15) is 0 Å². The first kappa shape index (κ1) is 26.0. The van der Waals surface area contributed by atoms with Crippen molar-refractivity contribution in [1.29, 1.82) is 0 Å². The van der Waals surface area contributed by atoms with Gasteiger partial charge in [-0.15, -0.1) is 0 Å². The van der Waals surface area contributed by atoms with Crippen LogP contribution in [0.3, 0.4) is 0 Å². The van der Waals surface area contributed by atoms with Crippen molar-refractivity contribution in [1.82, 2.24) is 0 Å². The molecule has 2 fully saturated rings. The second kappa shape index (κ2) is 12.3. The lowest BCUT2D eigenvalue weighted by Gasteiger charge is -2.42. The highest BCUT2D eigenvalue weighted by atomic mass is 16.9. The molecule has 2 aliphatic heterocycles. The highest BCUT2D eigenvalue weighted by Crippen LogP contribution is 2.39. The monoisotopic (exact) mass is 506 g/mol. The molecule has 1 unspecified atom stereocenters. The van der Waals surface area contributed by atoms with Crippen LogP contribution in [0.5, 0.6) is 0 Å². The third-order valence-electron chi connectivity index (χ3n) is 6.61. The standard InChI is InChI=1S/C30H34O7/c1-30(31-2)36-28-27(34-20-24-16-10-5-11-17-24)26(33-19-23-14-8-4-9-15-23)25(35-29(28)37-30)21-32-18-22-12-6-3-7-13-22/h3-17,25-29H,18-21H2,1-2H3/t25-,26-,27+,28-,29-,30?/m1/s1. The van der Waals surface area contributed by atoms with Gasteiger partial charge in [-0.05, 0) is 16.7 Å². The van der Waals surface area contributed by atoms with Gasteiger partial charge in [-0.1, -0.05) is 91.0 Å². The number of fused-ring (bicyclic) bond motifs is 1. The summed E-state index contributed by atoms with van der Waals surface area (Å²) >= 11 is 0. The number of hydrogen-bond donors (Lipinski definition) is 0. The van der Waals surface area contributed by atoms with E-state index in [1.165, 1.54) is 0 Å². The number of rotatable bonds is 11. The summed E-state index contributed by atoms with van der Waals surface area (Å²) in [6.07, 6.45) is -2.63. The lowest BCUT2D eigenvalue weighted by molar-refractivity contribution is -0.334. The summed E-state index contributed by atoms with van der Waals surface area (Å²) in [5, 5.41) is 0. The summed E-state index contributed by atoms with van der Waals surface area (Å²) in [6, 6.07) is 30.1. The smallest absolute Gasteiger partial charge is 0.282 e. The Morgan fingerprint density at radius 3 is 1.73 bits per heavy atom. The molecule has 6 atom stereocenters. The van der Waals surface area contributed by atoms with E-state index >= 15 is 0 Å². The molecule has 2 saturated heterocycles. The minimum absolute atomic E-state index is 0.301. The van der Waals surface area contributed by atoms with Crippen molar-refractivity contribution in [3.63, 3.8) is 0 Å². The van der Waals surface area contributed by atoms with Gasteiger partial charge in [-0.2, -0.15) is 0 Å². The van der Waals surface area contributed by atoms with Crippen molar-refractivity contribution in [2.75, 3.05) is 13.7 Å². The van der Waals surface area contributed by atoms with Crippen LogP contribution in [0.4, 0.5) is 0 Å². The van der Waals surface area contributed by atoms with E-state index in [1.807, 2.05) is 91.0 Å². The summed E-state index contributed by atoms with van der Waals surface area (Å²) in [7, 11) is 1.54. The third-order valence-corrected chi connectivity index (χ3v) is 6.61. The number of benzene rings is 3. The molecule has 0 bridgehead atoms. The van der Waals surface area contributed by atoms with Crippen LogP contribution in [0.1, 0.15) is 23.6 Å². The van der Waals surface area contributed by atoms with E-state index in [1.54, 1.807) is 14.0 Å². The molecule has 196 valence electrons. The maximum absolute atomic E-state index is 6.50. The molecule has 0 aliphatic carbocycles. The van der Waals surface area contributed by atoms with Gasteiger partial charge in [0.25, 0.3) is 5.97 Å². The SMILES string of the molecule is COC1(C)O[C@H]2O[C@H](COCc3ccccc3)[C@@H](OCc3ccccc3)[C@H](OCc3ccccc3)[C@H]2O1. The van der Waals surface area contributed by atoms with Gasteiger partial charge in [0.15, 0.2) is 6.29 Å².